The summed E-state index contributed by atoms with van der Waals surface area (Å²) in [6.45, 7) is 3.90. The Kier molecular flexibility index (Phi) is 6.56. The van der Waals surface area contributed by atoms with Crippen LogP contribution >= 0.6 is 0 Å². The number of methoxy groups -OCH3 is 1. The van der Waals surface area contributed by atoms with Crippen LogP contribution in [0.5, 0.6) is 11.5 Å². The minimum atomic E-state index is -0.196. The maximum absolute atomic E-state index is 11.7. The first-order valence-electron chi connectivity index (χ1n) is 6.66. The zero-order chi connectivity index (χ0) is 15.0. The van der Waals surface area contributed by atoms with E-state index in [1.165, 1.54) is 7.11 Å². The number of aldehydes is 1. The number of carbonyl (C=O) groups excluding carboxylic acids is 2. The standard InChI is InChI=1S/C15H21NO4/c1-4-5-11(2)16-15(18)10-20-14-7-6-13(19-3)8-12(14)9-17/h6-9,11H,4-5,10H2,1-3H3,(H,16,18). The van der Waals surface area contributed by atoms with Crippen molar-refractivity contribution in [1.29, 1.82) is 0 Å². The van der Waals surface area contributed by atoms with Crippen LogP contribution in [0.15, 0.2) is 18.2 Å². The Morgan fingerprint density at radius 1 is 1.45 bits per heavy atom. The topological polar surface area (TPSA) is 64.6 Å². The molecule has 110 valence electrons. The largest absolute Gasteiger partial charge is 0.497 e. The van der Waals surface area contributed by atoms with Crippen LogP contribution in [0.4, 0.5) is 0 Å². The van der Waals surface area contributed by atoms with Gasteiger partial charge in [-0.25, -0.2) is 0 Å². The average molecular weight is 279 g/mol. The third-order valence-corrected chi connectivity index (χ3v) is 2.83. The number of carbonyl (C=O) groups is 2. The first-order valence-corrected chi connectivity index (χ1v) is 6.66. The highest BCUT2D eigenvalue weighted by molar-refractivity contribution is 5.81. The summed E-state index contributed by atoms with van der Waals surface area (Å²) in [5.41, 5.74) is 0.360. The van der Waals surface area contributed by atoms with E-state index in [-0.39, 0.29) is 18.6 Å². The van der Waals surface area contributed by atoms with Gasteiger partial charge >= 0.3 is 0 Å². The summed E-state index contributed by atoms with van der Waals surface area (Å²) in [4.78, 5) is 22.6. The lowest BCUT2D eigenvalue weighted by atomic mass is 10.2. The number of ether oxygens (including phenoxy) is 2. The molecule has 0 spiro atoms. The highest BCUT2D eigenvalue weighted by Crippen LogP contribution is 2.22. The van der Waals surface area contributed by atoms with Gasteiger partial charge in [0.05, 0.1) is 12.7 Å². The molecule has 20 heavy (non-hydrogen) atoms. The molecule has 0 saturated heterocycles. The number of hydrogen-bond acceptors (Lipinski definition) is 4. The predicted octanol–water partition coefficient (Wildman–Crippen LogP) is 2.19. The molecule has 5 nitrogen and oxygen atoms in total. The zero-order valence-corrected chi connectivity index (χ0v) is 12.1. The summed E-state index contributed by atoms with van der Waals surface area (Å²) in [7, 11) is 1.52. The Morgan fingerprint density at radius 2 is 2.20 bits per heavy atom. The molecule has 5 heteroatoms. The fourth-order valence-corrected chi connectivity index (χ4v) is 1.84. The van der Waals surface area contributed by atoms with Gasteiger partial charge in [-0.15, -0.1) is 0 Å². The molecule has 0 aliphatic heterocycles. The van der Waals surface area contributed by atoms with E-state index in [1.807, 2.05) is 6.92 Å². The van der Waals surface area contributed by atoms with Crippen molar-refractivity contribution in [1.82, 2.24) is 5.32 Å². The van der Waals surface area contributed by atoms with Crippen LogP contribution in [0.1, 0.15) is 37.0 Å². The van der Waals surface area contributed by atoms with E-state index in [1.54, 1.807) is 18.2 Å². The van der Waals surface area contributed by atoms with Gasteiger partial charge in [0.1, 0.15) is 11.5 Å². The molecule has 0 aliphatic rings. The molecule has 0 aliphatic carbocycles. The molecule has 0 saturated carbocycles. The lowest BCUT2D eigenvalue weighted by molar-refractivity contribution is -0.123. The van der Waals surface area contributed by atoms with Gasteiger partial charge in [-0.3, -0.25) is 9.59 Å². The molecule has 1 aromatic carbocycles. The van der Waals surface area contributed by atoms with E-state index in [9.17, 15) is 9.59 Å². The highest BCUT2D eigenvalue weighted by Gasteiger charge is 2.10. The van der Waals surface area contributed by atoms with Crippen LogP contribution in [0.2, 0.25) is 0 Å². The number of amides is 1. The van der Waals surface area contributed by atoms with Gasteiger partial charge in [-0.05, 0) is 31.5 Å². The quantitative estimate of drug-likeness (QED) is 0.741. The predicted molar refractivity (Wildman–Crippen MR) is 76.4 cm³/mol. The van der Waals surface area contributed by atoms with Gasteiger partial charge in [0.15, 0.2) is 12.9 Å². The Hall–Kier alpha value is -2.04. The van der Waals surface area contributed by atoms with E-state index in [0.29, 0.717) is 23.3 Å². The van der Waals surface area contributed by atoms with Gasteiger partial charge in [0.25, 0.3) is 5.91 Å². The van der Waals surface area contributed by atoms with Crippen molar-refractivity contribution in [2.75, 3.05) is 13.7 Å². The van der Waals surface area contributed by atoms with Crippen molar-refractivity contribution in [2.24, 2.45) is 0 Å². The molecule has 1 atom stereocenters. The Morgan fingerprint density at radius 3 is 2.80 bits per heavy atom. The van der Waals surface area contributed by atoms with Crippen molar-refractivity contribution in [2.45, 2.75) is 32.7 Å². The molecule has 0 heterocycles. The molecule has 1 N–H and O–H groups in total. The number of rotatable bonds is 8. The van der Waals surface area contributed by atoms with E-state index in [0.717, 1.165) is 12.8 Å². The zero-order valence-electron chi connectivity index (χ0n) is 12.1. The van der Waals surface area contributed by atoms with Gasteiger partial charge in [0.2, 0.25) is 0 Å². The lowest BCUT2D eigenvalue weighted by Crippen LogP contribution is -2.36. The summed E-state index contributed by atoms with van der Waals surface area (Å²) >= 11 is 0. The Balaban J connectivity index is 2.56. The summed E-state index contributed by atoms with van der Waals surface area (Å²) in [5.74, 6) is 0.748. The maximum Gasteiger partial charge on any atom is 0.258 e. The van der Waals surface area contributed by atoms with Crippen molar-refractivity contribution < 1.29 is 19.1 Å². The molecule has 1 unspecified atom stereocenters. The first kappa shape index (κ1) is 16.0. The van der Waals surface area contributed by atoms with Crippen LogP contribution in [-0.4, -0.2) is 32.0 Å². The number of hydrogen-bond donors (Lipinski definition) is 1. The number of nitrogens with one attached hydrogen (secondary N) is 1. The smallest absolute Gasteiger partial charge is 0.258 e. The summed E-state index contributed by atoms with van der Waals surface area (Å²) in [6, 6.07) is 4.99. The van der Waals surface area contributed by atoms with Gasteiger partial charge in [-0.2, -0.15) is 0 Å². The third kappa shape index (κ3) is 4.91. The second kappa shape index (κ2) is 8.19. The molecule has 1 rings (SSSR count). The molecule has 0 aromatic heterocycles. The SMILES string of the molecule is CCCC(C)NC(=O)COc1ccc(OC)cc1C=O. The summed E-state index contributed by atoms with van der Waals surface area (Å²) in [5, 5.41) is 2.83. The molecule has 1 aromatic rings. The molecular weight excluding hydrogens is 258 g/mol. The van der Waals surface area contributed by atoms with Crippen LogP contribution in [-0.2, 0) is 4.79 Å². The minimum absolute atomic E-state index is 0.110. The summed E-state index contributed by atoms with van der Waals surface area (Å²) < 4.78 is 10.4. The summed E-state index contributed by atoms with van der Waals surface area (Å²) in [6.07, 6.45) is 2.61. The lowest BCUT2D eigenvalue weighted by Gasteiger charge is -2.14. The number of benzene rings is 1. The molecule has 0 bridgehead atoms. The van der Waals surface area contributed by atoms with Gasteiger partial charge < -0.3 is 14.8 Å². The van der Waals surface area contributed by atoms with Crippen molar-refractivity contribution >= 4 is 12.2 Å². The maximum atomic E-state index is 11.7. The fourth-order valence-electron chi connectivity index (χ4n) is 1.84. The Labute approximate surface area is 119 Å². The van der Waals surface area contributed by atoms with E-state index >= 15 is 0 Å². The molecular formula is C15H21NO4. The van der Waals surface area contributed by atoms with Crippen LogP contribution in [0.3, 0.4) is 0 Å². The van der Waals surface area contributed by atoms with Crippen molar-refractivity contribution in [3.8, 4) is 11.5 Å². The Bertz CT molecular complexity index is 459. The van der Waals surface area contributed by atoms with Crippen LogP contribution in [0.25, 0.3) is 0 Å². The van der Waals surface area contributed by atoms with Crippen LogP contribution in [0, 0.1) is 0 Å². The molecule has 0 fully saturated rings. The minimum Gasteiger partial charge on any atom is -0.497 e. The highest BCUT2D eigenvalue weighted by atomic mass is 16.5. The second-order valence-electron chi connectivity index (χ2n) is 4.57. The van der Waals surface area contributed by atoms with Crippen LogP contribution < -0.4 is 14.8 Å². The van der Waals surface area contributed by atoms with Crippen molar-refractivity contribution in [3.05, 3.63) is 23.8 Å². The van der Waals surface area contributed by atoms with E-state index in [4.69, 9.17) is 9.47 Å². The molecule has 1 amide bonds. The fraction of sp³-hybridized carbons (Fsp3) is 0.467. The average Bonchev–Trinajstić information content (AvgIpc) is 2.45. The van der Waals surface area contributed by atoms with Crippen molar-refractivity contribution in [3.63, 3.8) is 0 Å². The second-order valence-corrected chi connectivity index (χ2v) is 4.57. The first-order chi connectivity index (χ1) is 9.60. The normalized spacial score (nSPS) is 11.6. The van der Waals surface area contributed by atoms with E-state index < -0.39 is 0 Å². The monoisotopic (exact) mass is 279 g/mol. The third-order valence-electron chi connectivity index (χ3n) is 2.83. The van der Waals surface area contributed by atoms with E-state index in [2.05, 4.69) is 12.2 Å². The molecule has 0 radical (unpaired) electrons. The van der Waals surface area contributed by atoms with Gasteiger partial charge in [0, 0.05) is 6.04 Å². The van der Waals surface area contributed by atoms with Gasteiger partial charge in [-0.1, -0.05) is 13.3 Å².